The maximum absolute atomic E-state index is 5.81. The van der Waals surface area contributed by atoms with Gasteiger partial charge in [-0.2, -0.15) is 5.10 Å². The molecule has 1 aromatic heterocycles. The standard InChI is InChI=1S/C14H18BrN3O/c1-4-16-14-13(10(2)17-18(14)3)9-19-12-7-5-11(15)6-8-12/h5-8,16H,4,9H2,1-3H3. The van der Waals surface area contributed by atoms with Crippen molar-refractivity contribution in [1.29, 1.82) is 0 Å². The summed E-state index contributed by atoms with van der Waals surface area (Å²) in [7, 11) is 1.94. The fraction of sp³-hybridized carbons (Fsp3) is 0.357. The van der Waals surface area contributed by atoms with Crippen molar-refractivity contribution < 1.29 is 4.74 Å². The molecule has 0 saturated heterocycles. The molecule has 0 atom stereocenters. The van der Waals surface area contributed by atoms with E-state index in [-0.39, 0.29) is 0 Å². The van der Waals surface area contributed by atoms with E-state index in [0.717, 1.165) is 33.8 Å². The molecule has 2 rings (SSSR count). The van der Waals surface area contributed by atoms with E-state index < -0.39 is 0 Å². The molecule has 1 heterocycles. The third kappa shape index (κ3) is 3.29. The van der Waals surface area contributed by atoms with E-state index in [1.807, 2.05) is 42.9 Å². The van der Waals surface area contributed by atoms with Crippen LogP contribution >= 0.6 is 15.9 Å². The Morgan fingerprint density at radius 2 is 2.00 bits per heavy atom. The average Bonchev–Trinajstić information content (AvgIpc) is 2.65. The second-order valence-corrected chi connectivity index (χ2v) is 5.22. The lowest BCUT2D eigenvalue weighted by Crippen LogP contribution is -2.06. The van der Waals surface area contributed by atoms with Crippen molar-refractivity contribution in [2.45, 2.75) is 20.5 Å². The minimum atomic E-state index is 0.517. The van der Waals surface area contributed by atoms with Crippen LogP contribution in [0.1, 0.15) is 18.2 Å². The highest BCUT2D eigenvalue weighted by Crippen LogP contribution is 2.22. The van der Waals surface area contributed by atoms with Gasteiger partial charge in [-0.05, 0) is 38.1 Å². The van der Waals surface area contributed by atoms with Crippen molar-refractivity contribution in [3.63, 3.8) is 0 Å². The monoisotopic (exact) mass is 323 g/mol. The highest BCUT2D eigenvalue weighted by Gasteiger charge is 2.13. The van der Waals surface area contributed by atoms with Crippen LogP contribution < -0.4 is 10.1 Å². The maximum atomic E-state index is 5.81. The Morgan fingerprint density at radius 1 is 1.32 bits per heavy atom. The second-order valence-electron chi connectivity index (χ2n) is 4.31. The van der Waals surface area contributed by atoms with Crippen LogP contribution in [0.5, 0.6) is 5.75 Å². The first-order valence-electron chi connectivity index (χ1n) is 6.26. The van der Waals surface area contributed by atoms with Gasteiger partial charge in [0.25, 0.3) is 0 Å². The quantitative estimate of drug-likeness (QED) is 0.915. The van der Waals surface area contributed by atoms with Crippen molar-refractivity contribution in [1.82, 2.24) is 9.78 Å². The zero-order valence-electron chi connectivity index (χ0n) is 11.4. The summed E-state index contributed by atoms with van der Waals surface area (Å²) >= 11 is 3.41. The Labute approximate surface area is 121 Å². The number of benzene rings is 1. The molecule has 0 aliphatic heterocycles. The minimum absolute atomic E-state index is 0.517. The van der Waals surface area contributed by atoms with E-state index in [4.69, 9.17) is 4.74 Å². The summed E-state index contributed by atoms with van der Waals surface area (Å²) in [6, 6.07) is 7.83. The lowest BCUT2D eigenvalue weighted by molar-refractivity contribution is 0.306. The first kappa shape index (κ1) is 13.9. The Balaban J connectivity index is 2.12. The number of halogens is 1. The van der Waals surface area contributed by atoms with Gasteiger partial charge in [-0.25, -0.2) is 0 Å². The number of aromatic nitrogens is 2. The lowest BCUT2D eigenvalue weighted by Gasteiger charge is -2.09. The molecule has 0 unspecified atom stereocenters. The molecule has 0 aliphatic rings. The zero-order chi connectivity index (χ0) is 13.8. The van der Waals surface area contributed by atoms with Gasteiger partial charge in [0.1, 0.15) is 18.2 Å². The van der Waals surface area contributed by atoms with E-state index in [9.17, 15) is 0 Å². The summed E-state index contributed by atoms with van der Waals surface area (Å²) in [5, 5.41) is 7.75. The predicted molar refractivity (Wildman–Crippen MR) is 80.6 cm³/mol. The van der Waals surface area contributed by atoms with Gasteiger partial charge in [0.2, 0.25) is 0 Å². The van der Waals surface area contributed by atoms with Gasteiger partial charge in [-0.15, -0.1) is 0 Å². The smallest absolute Gasteiger partial charge is 0.130 e. The van der Waals surface area contributed by atoms with Crippen LogP contribution in [0.4, 0.5) is 5.82 Å². The molecule has 0 saturated carbocycles. The Morgan fingerprint density at radius 3 is 2.63 bits per heavy atom. The van der Waals surface area contributed by atoms with Gasteiger partial charge in [0.15, 0.2) is 0 Å². The molecule has 1 N–H and O–H groups in total. The lowest BCUT2D eigenvalue weighted by atomic mass is 10.2. The summed E-state index contributed by atoms with van der Waals surface area (Å²) in [6.45, 7) is 5.46. The molecular weight excluding hydrogens is 306 g/mol. The van der Waals surface area contributed by atoms with Crippen molar-refractivity contribution in [3.05, 3.63) is 40.0 Å². The van der Waals surface area contributed by atoms with E-state index in [2.05, 4.69) is 33.3 Å². The SMILES string of the molecule is CCNc1c(COc2ccc(Br)cc2)c(C)nn1C. The average molecular weight is 324 g/mol. The number of hydrogen-bond donors (Lipinski definition) is 1. The van der Waals surface area contributed by atoms with E-state index in [1.54, 1.807) is 0 Å². The van der Waals surface area contributed by atoms with Crippen LogP contribution in [0.15, 0.2) is 28.7 Å². The summed E-state index contributed by atoms with van der Waals surface area (Å²) < 4.78 is 8.72. The van der Waals surface area contributed by atoms with Crippen LogP contribution in [-0.4, -0.2) is 16.3 Å². The van der Waals surface area contributed by atoms with Gasteiger partial charge >= 0.3 is 0 Å². The molecule has 0 radical (unpaired) electrons. The van der Waals surface area contributed by atoms with Gasteiger partial charge < -0.3 is 10.1 Å². The van der Waals surface area contributed by atoms with Crippen LogP contribution in [0.25, 0.3) is 0 Å². The molecule has 102 valence electrons. The third-order valence-electron chi connectivity index (χ3n) is 2.89. The highest BCUT2D eigenvalue weighted by atomic mass is 79.9. The van der Waals surface area contributed by atoms with E-state index in [0.29, 0.717) is 6.61 Å². The molecule has 1 aromatic carbocycles. The fourth-order valence-electron chi connectivity index (χ4n) is 1.95. The summed E-state index contributed by atoms with van der Waals surface area (Å²) in [5.41, 5.74) is 2.10. The molecule has 19 heavy (non-hydrogen) atoms. The molecule has 5 heteroatoms. The van der Waals surface area contributed by atoms with Gasteiger partial charge in [0, 0.05) is 18.1 Å². The molecule has 0 bridgehead atoms. The van der Waals surface area contributed by atoms with Crippen molar-refractivity contribution in [2.75, 3.05) is 11.9 Å². The zero-order valence-corrected chi connectivity index (χ0v) is 13.0. The molecule has 2 aromatic rings. The fourth-order valence-corrected chi connectivity index (χ4v) is 2.21. The van der Waals surface area contributed by atoms with Crippen molar-refractivity contribution in [3.8, 4) is 5.75 Å². The molecule has 4 nitrogen and oxygen atoms in total. The molecular formula is C14H18BrN3O. The van der Waals surface area contributed by atoms with E-state index >= 15 is 0 Å². The molecule has 0 fully saturated rings. The Bertz CT molecular complexity index is 549. The number of nitrogens with one attached hydrogen (secondary N) is 1. The topological polar surface area (TPSA) is 39.1 Å². The number of aryl methyl sites for hydroxylation is 2. The molecule has 0 spiro atoms. The summed E-state index contributed by atoms with van der Waals surface area (Å²) in [5.74, 6) is 1.88. The first-order valence-corrected chi connectivity index (χ1v) is 7.05. The van der Waals surface area contributed by atoms with Gasteiger partial charge in [-0.1, -0.05) is 15.9 Å². The van der Waals surface area contributed by atoms with Crippen molar-refractivity contribution >= 4 is 21.7 Å². The number of anilines is 1. The Hall–Kier alpha value is -1.49. The summed E-state index contributed by atoms with van der Waals surface area (Å²) in [6.07, 6.45) is 0. The normalized spacial score (nSPS) is 10.5. The van der Waals surface area contributed by atoms with Crippen LogP contribution in [0.3, 0.4) is 0 Å². The minimum Gasteiger partial charge on any atom is -0.489 e. The van der Waals surface area contributed by atoms with Gasteiger partial charge in [0.05, 0.1) is 11.3 Å². The highest BCUT2D eigenvalue weighted by molar-refractivity contribution is 9.10. The second kappa shape index (κ2) is 6.10. The van der Waals surface area contributed by atoms with E-state index in [1.165, 1.54) is 0 Å². The predicted octanol–water partition coefficient (Wildman–Crippen LogP) is 3.50. The number of nitrogens with zero attached hydrogens (tertiary/aromatic N) is 2. The number of ether oxygens (including phenoxy) is 1. The molecule has 0 aliphatic carbocycles. The van der Waals surface area contributed by atoms with Gasteiger partial charge in [-0.3, -0.25) is 4.68 Å². The number of hydrogen-bond acceptors (Lipinski definition) is 3. The number of rotatable bonds is 5. The first-order chi connectivity index (χ1) is 9.11. The molecule has 0 amide bonds. The van der Waals surface area contributed by atoms with Crippen LogP contribution in [0.2, 0.25) is 0 Å². The largest absolute Gasteiger partial charge is 0.489 e. The van der Waals surface area contributed by atoms with Crippen molar-refractivity contribution in [2.24, 2.45) is 7.05 Å². The summed E-state index contributed by atoms with van der Waals surface area (Å²) in [4.78, 5) is 0. The third-order valence-corrected chi connectivity index (χ3v) is 3.42. The van der Waals surface area contributed by atoms with Crippen LogP contribution in [-0.2, 0) is 13.7 Å². The Kier molecular flexibility index (Phi) is 4.47. The van der Waals surface area contributed by atoms with Crippen LogP contribution in [0, 0.1) is 6.92 Å². The maximum Gasteiger partial charge on any atom is 0.130 e.